The number of hydrogen-bond acceptors (Lipinski definition) is 2. The minimum Gasteiger partial charge on any atom is -0.477 e. The average Bonchev–Trinajstić information content (AvgIpc) is 2.51. The van der Waals surface area contributed by atoms with Gasteiger partial charge in [-0.1, -0.05) is 29.8 Å². The molecule has 1 N–H and O–H groups in total. The van der Waals surface area contributed by atoms with Crippen LogP contribution in [0, 0.1) is 19.7 Å². The molecule has 0 atom stereocenters. The van der Waals surface area contributed by atoms with E-state index in [9.17, 15) is 19.1 Å². The summed E-state index contributed by atoms with van der Waals surface area (Å²) >= 11 is 5.87. The van der Waals surface area contributed by atoms with E-state index in [2.05, 4.69) is 0 Å². The Morgan fingerprint density at radius 1 is 1.21 bits per heavy atom. The second-order valence-corrected chi connectivity index (χ2v) is 5.98. The molecule has 3 rings (SSSR count). The van der Waals surface area contributed by atoms with Crippen molar-refractivity contribution >= 4 is 28.5 Å². The summed E-state index contributed by atoms with van der Waals surface area (Å²) < 4.78 is 15.4. The number of pyridine rings is 1. The molecule has 0 aliphatic rings. The van der Waals surface area contributed by atoms with Crippen LogP contribution < -0.4 is 5.43 Å². The van der Waals surface area contributed by atoms with E-state index >= 15 is 0 Å². The fourth-order valence-corrected chi connectivity index (χ4v) is 3.00. The number of para-hydroxylation sites is 1. The van der Waals surface area contributed by atoms with Crippen molar-refractivity contribution in [1.82, 2.24) is 4.57 Å². The molecule has 0 saturated carbocycles. The average molecular weight is 346 g/mol. The van der Waals surface area contributed by atoms with Crippen molar-refractivity contribution in [2.24, 2.45) is 0 Å². The van der Waals surface area contributed by atoms with Crippen LogP contribution in [0.5, 0.6) is 0 Å². The van der Waals surface area contributed by atoms with Crippen LogP contribution in [-0.4, -0.2) is 15.6 Å². The van der Waals surface area contributed by atoms with E-state index in [4.69, 9.17) is 11.6 Å². The van der Waals surface area contributed by atoms with Crippen molar-refractivity contribution in [2.45, 2.75) is 13.8 Å². The number of aromatic nitrogens is 1. The number of aryl methyl sites for hydroxylation is 2. The molecule has 6 heteroatoms. The van der Waals surface area contributed by atoms with Crippen molar-refractivity contribution < 1.29 is 14.3 Å². The molecule has 1 heterocycles. The second kappa shape index (κ2) is 5.76. The van der Waals surface area contributed by atoms with Crippen LogP contribution in [-0.2, 0) is 0 Å². The van der Waals surface area contributed by atoms with Gasteiger partial charge in [-0.3, -0.25) is 4.79 Å². The zero-order valence-electron chi connectivity index (χ0n) is 12.9. The molecule has 0 aliphatic carbocycles. The first-order valence-corrected chi connectivity index (χ1v) is 7.53. The molecule has 0 amide bonds. The smallest absolute Gasteiger partial charge is 0.341 e. The third-order valence-electron chi connectivity index (χ3n) is 3.96. The Hall–Kier alpha value is -2.66. The van der Waals surface area contributed by atoms with Crippen LogP contribution >= 0.6 is 11.6 Å². The molecule has 0 aliphatic heterocycles. The quantitative estimate of drug-likeness (QED) is 0.760. The molecule has 1 aromatic heterocycles. The third kappa shape index (κ3) is 2.47. The van der Waals surface area contributed by atoms with E-state index in [0.29, 0.717) is 5.52 Å². The summed E-state index contributed by atoms with van der Waals surface area (Å²) in [6.45, 7) is 3.75. The van der Waals surface area contributed by atoms with Gasteiger partial charge in [-0.15, -0.1) is 0 Å². The zero-order chi connectivity index (χ0) is 17.6. The van der Waals surface area contributed by atoms with E-state index in [-0.39, 0.29) is 10.4 Å². The maximum Gasteiger partial charge on any atom is 0.341 e. The van der Waals surface area contributed by atoms with Gasteiger partial charge in [-0.25, -0.2) is 9.18 Å². The highest BCUT2D eigenvalue weighted by molar-refractivity contribution is 6.31. The van der Waals surface area contributed by atoms with Crippen molar-refractivity contribution in [3.63, 3.8) is 0 Å². The Labute approximate surface area is 141 Å². The largest absolute Gasteiger partial charge is 0.477 e. The summed E-state index contributed by atoms with van der Waals surface area (Å²) in [5.41, 5.74) is 1.69. The predicted octanol–water partition coefficient (Wildman–Crippen LogP) is 4.10. The zero-order valence-corrected chi connectivity index (χ0v) is 13.7. The summed E-state index contributed by atoms with van der Waals surface area (Å²) in [5.74, 6) is -2.13. The predicted molar refractivity (Wildman–Crippen MR) is 90.9 cm³/mol. The Bertz CT molecular complexity index is 1040. The van der Waals surface area contributed by atoms with E-state index in [1.54, 1.807) is 4.57 Å². The molecule has 4 nitrogen and oxygen atoms in total. The number of carboxylic acid groups (broad SMARTS) is 1. The van der Waals surface area contributed by atoms with Crippen LogP contribution in [0.4, 0.5) is 4.39 Å². The van der Waals surface area contributed by atoms with Crippen LogP contribution in [0.25, 0.3) is 16.6 Å². The Kier molecular flexibility index (Phi) is 3.89. The maximum atomic E-state index is 13.8. The van der Waals surface area contributed by atoms with Crippen molar-refractivity contribution in [3.05, 3.63) is 74.3 Å². The van der Waals surface area contributed by atoms with Crippen molar-refractivity contribution in [3.8, 4) is 5.69 Å². The Morgan fingerprint density at radius 3 is 2.42 bits per heavy atom. The standard InChI is InChI=1S/C18H13ClFNO3/c1-9-4-3-5-10(2)16(9)21-8-12(18(23)24)17(22)11-6-14(20)13(19)7-15(11)21/h3-8H,1-2H3,(H,23,24). The fourth-order valence-electron chi connectivity index (χ4n) is 2.84. The number of carboxylic acids is 1. The number of hydrogen-bond donors (Lipinski definition) is 1. The lowest BCUT2D eigenvalue weighted by atomic mass is 10.1. The SMILES string of the molecule is Cc1cccc(C)c1-n1cc(C(=O)O)c(=O)c2cc(F)c(Cl)cc21. The summed E-state index contributed by atoms with van der Waals surface area (Å²) in [7, 11) is 0. The highest BCUT2D eigenvalue weighted by Gasteiger charge is 2.18. The molecule has 0 saturated heterocycles. The minimum atomic E-state index is -1.36. The fraction of sp³-hybridized carbons (Fsp3) is 0.111. The summed E-state index contributed by atoms with van der Waals surface area (Å²) in [4.78, 5) is 23.8. The molecule has 3 aromatic rings. The van der Waals surface area contributed by atoms with Crippen molar-refractivity contribution in [1.29, 1.82) is 0 Å². The second-order valence-electron chi connectivity index (χ2n) is 5.57. The molecule has 0 radical (unpaired) electrons. The van der Waals surface area contributed by atoms with Gasteiger partial charge in [0, 0.05) is 11.6 Å². The Balaban J connectivity index is 2.56. The number of rotatable bonds is 2. The number of halogens is 2. The van der Waals surface area contributed by atoms with Crippen LogP contribution in [0.3, 0.4) is 0 Å². The summed E-state index contributed by atoms with van der Waals surface area (Å²) in [6, 6.07) is 7.95. The van der Waals surface area contributed by atoms with Crippen molar-refractivity contribution in [2.75, 3.05) is 0 Å². The third-order valence-corrected chi connectivity index (χ3v) is 4.25. The monoisotopic (exact) mass is 345 g/mol. The molecule has 122 valence electrons. The van der Waals surface area contributed by atoms with Gasteiger partial charge in [0.05, 0.1) is 16.2 Å². The maximum absolute atomic E-state index is 13.8. The molecule has 2 aromatic carbocycles. The highest BCUT2D eigenvalue weighted by Crippen LogP contribution is 2.27. The van der Waals surface area contributed by atoms with E-state index in [1.807, 2.05) is 32.0 Å². The molecular formula is C18H13ClFNO3. The van der Waals surface area contributed by atoms with E-state index < -0.39 is 22.8 Å². The van der Waals surface area contributed by atoms with Crippen LogP contribution in [0.2, 0.25) is 5.02 Å². The molecule has 0 fully saturated rings. The first-order valence-electron chi connectivity index (χ1n) is 7.15. The van der Waals surface area contributed by atoms with Gasteiger partial charge >= 0.3 is 5.97 Å². The van der Waals surface area contributed by atoms with Gasteiger partial charge in [-0.2, -0.15) is 0 Å². The number of aromatic carboxylic acids is 1. The van der Waals surface area contributed by atoms with Gasteiger partial charge in [0.1, 0.15) is 11.4 Å². The lowest BCUT2D eigenvalue weighted by Gasteiger charge is -2.17. The molecular weight excluding hydrogens is 333 g/mol. The van der Waals surface area contributed by atoms with Crippen LogP contribution in [0.15, 0.2) is 41.3 Å². The topological polar surface area (TPSA) is 59.3 Å². The highest BCUT2D eigenvalue weighted by atomic mass is 35.5. The molecule has 0 unspecified atom stereocenters. The number of carbonyl (C=O) groups is 1. The lowest BCUT2D eigenvalue weighted by Crippen LogP contribution is -2.19. The van der Waals surface area contributed by atoms with Gasteiger partial charge in [0.15, 0.2) is 0 Å². The van der Waals surface area contributed by atoms with E-state index in [1.165, 1.54) is 12.3 Å². The first-order chi connectivity index (χ1) is 11.3. The van der Waals surface area contributed by atoms with Gasteiger partial charge in [0.2, 0.25) is 5.43 Å². The summed E-state index contributed by atoms with van der Waals surface area (Å²) in [6.07, 6.45) is 1.26. The van der Waals surface area contributed by atoms with Gasteiger partial charge in [0.25, 0.3) is 0 Å². The molecule has 0 spiro atoms. The lowest BCUT2D eigenvalue weighted by molar-refractivity contribution is 0.0695. The normalized spacial score (nSPS) is 11.0. The van der Waals surface area contributed by atoms with Gasteiger partial charge in [-0.05, 0) is 37.1 Å². The van der Waals surface area contributed by atoms with Gasteiger partial charge < -0.3 is 9.67 Å². The van der Waals surface area contributed by atoms with E-state index in [0.717, 1.165) is 22.9 Å². The van der Waals surface area contributed by atoms with Crippen LogP contribution in [0.1, 0.15) is 21.5 Å². The molecule has 24 heavy (non-hydrogen) atoms. The number of nitrogens with zero attached hydrogens (tertiary/aromatic N) is 1. The first kappa shape index (κ1) is 16.2. The minimum absolute atomic E-state index is 0.0283. The number of fused-ring (bicyclic) bond motifs is 1. The Morgan fingerprint density at radius 2 is 1.83 bits per heavy atom. The number of benzene rings is 2. The summed E-state index contributed by atoms with van der Waals surface area (Å²) in [5, 5.41) is 9.16. The molecule has 0 bridgehead atoms.